The van der Waals surface area contributed by atoms with E-state index in [1.54, 1.807) is 0 Å². The molecule has 5 fully saturated rings. The van der Waals surface area contributed by atoms with Gasteiger partial charge in [0, 0.05) is 168 Å². The second-order valence-corrected chi connectivity index (χ2v) is 28.9. The largest absolute Gasteiger partial charge is 0.417 e. The molecule has 0 radical (unpaired) electrons. The quantitative estimate of drug-likeness (QED) is 0.120. The summed E-state index contributed by atoms with van der Waals surface area (Å²) < 4.78 is 41.0. The predicted molar refractivity (Wildman–Crippen MR) is 361 cm³/mol. The van der Waals surface area contributed by atoms with Crippen LogP contribution in [0.1, 0.15) is 196 Å². The van der Waals surface area contributed by atoms with Gasteiger partial charge in [-0.15, -0.1) is 0 Å². The maximum Gasteiger partial charge on any atom is 0.417 e. The molecule has 1 spiro atoms. The maximum absolute atomic E-state index is 14.5. The number of likely N-dealkylation sites (tertiary alicyclic amines) is 1. The van der Waals surface area contributed by atoms with Crippen LogP contribution in [0.25, 0.3) is 0 Å². The zero-order valence-electron chi connectivity index (χ0n) is 56.8. The summed E-state index contributed by atoms with van der Waals surface area (Å²) in [6, 6.07) is 6.00. The first-order chi connectivity index (χ1) is 42.0. The third-order valence-electron chi connectivity index (χ3n) is 21.4. The van der Waals surface area contributed by atoms with Crippen LogP contribution in [0.15, 0.2) is 71.7 Å². The predicted octanol–water partition coefficient (Wildman–Crippen LogP) is 12.9. The van der Waals surface area contributed by atoms with E-state index >= 15 is 0 Å². The third kappa shape index (κ3) is 19.9. The summed E-state index contributed by atoms with van der Waals surface area (Å²) in [6.07, 6.45) is 27.4. The van der Waals surface area contributed by atoms with Gasteiger partial charge in [-0.25, -0.2) is 0 Å². The SMILES string of the molecule is CC[C@H](C)[C@H]1C(C)NC2(CCCC2)CNCCNC=CC(CCc2ccc(C(F)(F)F)c(Cl)c2)=NC=CN(C)C=C(CC2CCCCC2)N(C)C=C2CCCN2[C@@H](C)C(C)N[C@@H]([C@@H](C)CC)CN[C@@H](CC(C)C)C(C)NCC2[C@@H](C(=O)N3CCC3)C(C)N21. The molecule has 1 amide bonds. The van der Waals surface area contributed by atoms with Crippen molar-refractivity contribution in [2.75, 3.05) is 66.5 Å². The molecule has 498 valence electrons. The van der Waals surface area contributed by atoms with Gasteiger partial charge in [-0.1, -0.05) is 117 Å². The van der Waals surface area contributed by atoms with Gasteiger partial charge in [-0.3, -0.25) is 14.7 Å². The van der Waals surface area contributed by atoms with Crippen molar-refractivity contribution in [2.24, 2.45) is 34.6 Å². The molecule has 13 nitrogen and oxygen atoms in total. The molecule has 1 aromatic carbocycles. The molecule has 7 rings (SSSR count). The maximum atomic E-state index is 14.5. The number of hydrogen-bond acceptors (Lipinski definition) is 12. The van der Waals surface area contributed by atoms with Crippen LogP contribution >= 0.6 is 11.6 Å². The summed E-state index contributed by atoms with van der Waals surface area (Å²) in [5.74, 6) is 2.35. The number of fused-ring (bicyclic) bond motifs is 2. The van der Waals surface area contributed by atoms with Crippen LogP contribution in [0.5, 0.6) is 0 Å². The van der Waals surface area contributed by atoms with E-state index in [1.165, 1.54) is 68.5 Å². The number of nitrogens with one attached hydrogen (secondary N) is 6. The van der Waals surface area contributed by atoms with Crippen molar-refractivity contribution >= 4 is 23.2 Å². The summed E-state index contributed by atoms with van der Waals surface area (Å²) in [7, 11) is 4.30. The number of benzene rings is 1. The monoisotopic (exact) mass is 1250 g/mol. The molecule has 88 heavy (non-hydrogen) atoms. The van der Waals surface area contributed by atoms with Gasteiger partial charge in [-0.2, -0.15) is 13.2 Å². The lowest BCUT2D eigenvalue weighted by molar-refractivity contribution is -0.164. The highest BCUT2D eigenvalue weighted by Crippen LogP contribution is 2.42. The standard InChI is InChI=1S/C71H120ClF3N12O/c1-14-50(5)65-44-80-64(41-49(3)4)53(8)79-45-66-67(69(88)85-37-22-38-85)56(11)87(66)68(51(6)15-2)54(9)82-70(31-19-20-32-70)48-77-35-34-76-33-30-59(28-26-58-27-29-62(63(72)43-58)71(73,74)75)78-36-40-83(12)46-61(42-57-23-17-16-18-24-57)84(13)47-60-25-21-39-86(60)55(10)52(7)81-65/h27,29-30,33,36,40,43,46-47,49-57,64-68,76-77,79-82H,14-26,28,31-32,34-35,37-39,41-42,44-45,48H2,1-13H3/t50-,51-,52?,53?,54?,55-,56?,64-,65+,66?,67-,68-/m0/s1. The van der Waals surface area contributed by atoms with E-state index in [0.717, 1.165) is 121 Å². The fourth-order valence-corrected chi connectivity index (χ4v) is 15.7. The smallest absolute Gasteiger partial charge is 0.390 e. The van der Waals surface area contributed by atoms with Gasteiger partial charge in [0.1, 0.15) is 0 Å². The fraction of sp³-hybridized carbons (Fsp3) is 0.775. The van der Waals surface area contributed by atoms with Gasteiger partial charge < -0.3 is 51.5 Å². The number of halogens is 4. The van der Waals surface area contributed by atoms with Crippen molar-refractivity contribution < 1.29 is 18.0 Å². The Morgan fingerprint density at radius 1 is 0.818 bits per heavy atom. The van der Waals surface area contributed by atoms with Crippen molar-refractivity contribution in [3.8, 4) is 0 Å². The van der Waals surface area contributed by atoms with Crippen LogP contribution in [0, 0.1) is 29.6 Å². The second-order valence-electron chi connectivity index (χ2n) is 28.5. The van der Waals surface area contributed by atoms with Crippen LogP contribution in [-0.2, 0) is 17.4 Å². The van der Waals surface area contributed by atoms with Crippen LogP contribution in [-0.4, -0.2) is 162 Å². The molecule has 17 heteroatoms. The number of carbonyl (C=O) groups is 1. The molecule has 1 aromatic rings. The Kier molecular flexibility index (Phi) is 28.0. The number of carbonyl (C=O) groups excluding carboxylic acids is 1. The summed E-state index contributed by atoms with van der Waals surface area (Å²) in [5, 5.41) is 23.9. The van der Waals surface area contributed by atoms with Crippen LogP contribution < -0.4 is 31.9 Å². The van der Waals surface area contributed by atoms with Gasteiger partial charge >= 0.3 is 6.18 Å². The Morgan fingerprint density at radius 3 is 2.20 bits per heavy atom. The van der Waals surface area contributed by atoms with Gasteiger partial charge in [0.05, 0.1) is 16.5 Å². The first-order valence-electron chi connectivity index (χ1n) is 34.9. The molecule has 0 aromatic heterocycles. The highest BCUT2D eigenvalue weighted by Gasteiger charge is 2.56. The summed E-state index contributed by atoms with van der Waals surface area (Å²) >= 11 is 6.20. The molecule has 6 N–H and O–H groups in total. The molecule has 4 heterocycles. The van der Waals surface area contributed by atoms with E-state index in [4.69, 9.17) is 16.6 Å². The number of aliphatic imine (C=N–C) groups is 1. The average Bonchev–Trinajstić information content (AvgIpc) is 1.20. The minimum absolute atomic E-state index is 0.0374. The summed E-state index contributed by atoms with van der Waals surface area (Å²) in [4.78, 5) is 31.5. The van der Waals surface area contributed by atoms with Crippen LogP contribution in [0.4, 0.5) is 13.2 Å². The molecule has 2 aliphatic carbocycles. The number of aryl methyl sites for hydroxylation is 1. The van der Waals surface area contributed by atoms with E-state index in [-0.39, 0.29) is 70.9 Å². The van der Waals surface area contributed by atoms with E-state index in [1.807, 2.05) is 24.7 Å². The number of allylic oxidation sites excluding steroid dienone is 3. The minimum Gasteiger partial charge on any atom is -0.390 e. The van der Waals surface area contributed by atoms with Gasteiger partial charge in [0.15, 0.2) is 0 Å². The Morgan fingerprint density at radius 2 is 1.55 bits per heavy atom. The van der Waals surface area contributed by atoms with Crippen LogP contribution in [0.2, 0.25) is 5.02 Å². The first kappa shape index (κ1) is 71.8. The van der Waals surface area contributed by atoms with Crippen molar-refractivity contribution in [3.63, 3.8) is 0 Å². The van der Waals surface area contributed by atoms with Crippen molar-refractivity contribution in [1.29, 1.82) is 0 Å². The van der Waals surface area contributed by atoms with E-state index < -0.39 is 11.7 Å². The van der Waals surface area contributed by atoms with E-state index in [2.05, 4.69) is 159 Å². The molecule has 6 aliphatic rings. The number of alkyl halides is 3. The first-order valence-corrected chi connectivity index (χ1v) is 35.3. The number of amides is 1. The van der Waals surface area contributed by atoms with Crippen molar-refractivity contribution in [1.82, 2.24) is 56.4 Å². The number of rotatable bonds is 12. The molecular formula is C71H120ClF3N12O. The summed E-state index contributed by atoms with van der Waals surface area (Å²) in [6.45, 7) is 32.9. The second kappa shape index (κ2) is 34.3. The summed E-state index contributed by atoms with van der Waals surface area (Å²) in [5.41, 5.74) is 3.32. The van der Waals surface area contributed by atoms with Crippen molar-refractivity contribution in [3.05, 3.63) is 82.8 Å². The normalized spacial score (nSPS) is 30.3. The number of nitrogens with zero attached hydrogens (tertiary/aromatic N) is 6. The Labute approximate surface area is 536 Å². The minimum atomic E-state index is -4.51. The van der Waals surface area contributed by atoms with Crippen molar-refractivity contribution in [2.45, 2.75) is 258 Å². The molecular weight excluding hydrogens is 1130 g/mol. The van der Waals surface area contributed by atoms with Gasteiger partial charge in [-0.05, 0) is 146 Å². The topological polar surface area (TPSA) is 118 Å². The Balaban J connectivity index is 1.19. The van der Waals surface area contributed by atoms with Gasteiger partial charge in [0.25, 0.3) is 0 Å². The van der Waals surface area contributed by atoms with Crippen LogP contribution in [0.3, 0.4) is 0 Å². The molecule has 5 unspecified atom stereocenters. The number of hydrogen-bond donors (Lipinski definition) is 6. The van der Waals surface area contributed by atoms with E-state index in [0.29, 0.717) is 49.0 Å². The molecule has 4 aliphatic heterocycles. The average molecular weight is 1250 g/mol. The zero-order chi connectivity index (χ0) is 63.7. The highest BCUT2D eigenvalue weighted by atomic mass is 35.5. The van der Waals surface area contributed by atoms with Gasteiger partial charge in [0.2, 0.25) is 5.91 Å². The fourth-order valence-electron chi connectivity index (χ4n) is 15.4. The molecule has 12 atom stereocenters. The molecule has 0 bridgehead atoms. The lowest BCUT2D eigenvalue weighted by Gasteiger charge is -2.60. The van der Waals surface area contributed by atoms with E-state index in [9.17, 15) is 18.0 Å². The molecule has 2 saturated carbocycles. The zero-order valence-corrected chi connectivity index (χ0v) is 57.5. The Bertz CT molecular complexity index is 2450. The third-order valence-corrected chi connectivity index (χ3v) is 21.8. The lowest BCUT2D eigenvalue weighted by Crippen LogP contribution is -2.76. The Hall–Kier alpha value is -3.64. The lowest BCUT2D eigenvalue weighted by atomic mass is 9.74. The highest BCUT2D eigenvalue weighted by molar-refractivity contribution is 6.31. The molecule has 3 saturated heterocycles.